The first-order valence-corrected chi connectivity index (χ1v) is 7.64. The highest BCUT2D eigenvalue weighted by molar-refractivity contribution is 7.99. The van der Waals surface area contributed by atoms with E-state index in [9.17, 15) is 0 Å². The minimum absolute atomic E-state index is 0.690. The van der Waals surface area contributed by atoms with Crippen LogP contribution in [0.1, 0.15) is 41.1 Å². The van der Waals surface area contributed by atoms with Crippen molar-refractivity contribution in [1.29, 1.82) is 0 Å². The lowest BCUT2D eigenvalue weighted by Gasteiger charge is -2.05. The van der Waals surface area contributed by atoms with Crippen LogP contribution in [-0.4, -0.2) is 23.8 Å². The molecule has 0 aromatic carbocycles. The van der Waals surface area contributed by atoms with Crippen molar-refractivity contribution in [3.8, 4) is 0 Å². The number of hydrogen-bond acceptors (Lipinski definition) is 4. The van der Waals surface area contributed by atoms with Gasteiger partial charge in [-0.2, -0.15) is 11.8 Å². The van der Waals surface area contributed by atoms with Crippen molar-refractivity contribution >= 4 is 23.1 Å². The molecule has 2 nitrogen and oxygen atoms in total. The Bertz CT molecular complexity index is 295. The van der Waals surface area contributed by atoms with Crippen molar-refractivity contribution < 1.29 is 0 Å². The molecule has 0 spiro atoms. The van der Waals surface area contributed by atoms with Gasteiger partial charge in [0.25, 0.3) is 0 Å². The second-order valence-corrected chi connectivity index (χ2v) is 6.50. The van der Waals surface area contributed by atoms with Gasteiger partial charge in [-0.15, -0.1) is 11.3 Å². The molecule has 2 atom stereocenters. The summed E-state index contributed by atoms with van der Waals surface area (Å²) in [6.07, 6.45) is 3.97. The molecule has 15 heavy (non-hydrogen) atoms. The van der Waals surface area contributed by atoms with Gasteiger partial charge in [0, 0.05) is 23.1 Å². The Labute approximate surface area is 98.9 Å². The van der Waals surface area contributed by atoms with Gasteiger partial charge in [-0.1, -0.05) is 0 Å². The topological polar surface area (TPSA) is 24.9 Å². The summed E-state index contributed by atoms with van der Waals surface area (Å²) in [4.78, 5) is 4.83. The monoisotopic (exact) mass is 240 g/mol. The van der Waals surface area contributed by atoms with Gasteiger partial charge >= 0.3 is 0 Å². The highest BCUT2D eigenvalue weighted by Gasteiger charge is 2.24. The van der Waals surface area contributed by atoms with Gasteiger partial charge in [0.2, 0.25) is 0 Å². The average molecular weight is 240 g/mol. The van der Waals surface area contributed by atoms with Gasteiger partial charge in [-0.05, 0) is 31.6 Å². The number of thiazole rings is 1. The van der Waals surface area contributed by atoms with Crippen LogP contribution in [0.5, 0.6) is 0 Å². The van der Waals surface area contributed by atoms with Crippen LogP contribution >= 0.6 is 23.1 Å². The molecule has 1 N–H and O–H groups in total. The molecule has 2 aliphatic heterocycles. The summed E-state index contributed by atoms with van der Waals surface area (Å²) < 4.78 is 0. The summed E-state index contributed by atoms with van der Waals surface area (Å²) in [7, 11) is 0. The van der Waals surface area contributed by atoms with Gasteiger partial charge < -0.3 is 5.32 Å². The SMILES string of the molecule is c1sc(C2CCNC2)nc1C1CCCS1. The molecular weight excluding hydrogens is 224 g/mol. The standard InChI is InChI=1S/C11H16N2S2/c1-2-10(14-5-1)9-7-15-11(13-9)8-3-4-12-6-8/h7-8,10,12H,1-6H2. The smallest absolute Gasteiger partial charge is 0.0972 e. The first-order chi connectivity index (χ1) is 7.43. The van der Waals surface area contributed by atoms with Gasteiger partial charge in [0.1, 0.15) is 0 Å². The van der Waals surface area contributed by atoms with E-state index in [0.717, 1.165) is 13.1 Å². The first-order valence-electron chi connectivity index (χ1n) is 5.71. The van der Waals surface area contributed by atoms with Gasteiger partial charge in [-0.25, -0.2) is 4.98 Å². The molecule has 2 fully saturated rings. The summed E-state index contributed by atoms with van der Waals surface area (Å²) in [6, 6.07) is 0. The lowest BCUT2D eigenvalue weighted by molar-refractivity contribution is 0.741. The molecule has 1 aromatic rings. The molecule has 0 radical (unpaired) electrons. The van der Waals surface area contributed by atoms with E-state index < -0.39 is 0 Å². The molecule has 0 amide bonds. The van der Waals surface area contributed by atoms with Crippen LogP contribution in [0.3, 0.4) is 0 Å². The zero-order chi connectivity index (χ0) is 10.1. The minimum Gasteiger partial charge on any atom is -0.316 e. The highest BCUT2D eigenvalue weighted by atomic mass is 32.2. The van der Waals surface area contributed by atoms with Crippen molar-refractivity contribution in [2.24, 2.45) is 0 Å². The number of hydrogen-bond donors (Lipinski definition) is 1. The molecule has 2 aliphatic rings. The third-order valence-corrected chi connectivity index (χ3v) is 5.64. The molecule has 0 aliphatic carbocycles. The van der Waals surface area contributed by atoms with Crippen molar-refractivity contribution in [1.82, 2.24) is 10.3 Å². The molecule has 0 bridgehead atoms. The quantitative estimate of drug-likeness (QED) is 0.860. The van der Waals surface area contributed by atoms with Crippen molar-refractivity contribution in [2.45, 2.75) is 30.4 Å². The Morgan fingerprint density at radius 2 is 2.40 bits per heavy atom. The Morgan fingerprint density at radius 1 is 1.40 bits per heavy atom. The second-order valence-electron chi connectivity index (χ2n) is 4.30. The maximum absolute atomic E-state index is 4.83. The Morgan fingerprint density at radius 3 is 3.13 bits per heavy atom. The number of rotatable bonds is 2. The molecule has 0 saturated carbocycles. The van der Waals surface area contributed by atoms with Crippen LogP contribution in [0, 0.1) is 0 Å². The Balaban J connectivity index is 1.74. The number of aromatic nitrogens is 1. The van der Waals surface area contributed by atoms with E-state index in [2.05, 4.69) is 22.5 Å². The van der Waals surface area contributed by atoms with E-state index in [-0.39, 0.29) is 0 Å². The molecule has 3 heterocycles. The summed E-state index contributed by atoms with van der Waals surface area (Å²) in [5.74, 6) is 2.01. The van der Waals surface area contributed by atoms with E-state index >= 15 is 0 Å². The van der Waals surface area contributed by atoms with Crippen molar-refractivity contribution in [3.05, 3.63) is 16.1 Å². The van der Waals surface area contributed by atoms with Crippen LogP contribution in [0.15, 0.2) is 5.38 Å². The van der Waals surface area contributed by atoms with Crippen LogP contribution < -0.4 is 5.32 Å². The van der Waals surface area contributed by atoms with Crippen LogP contribution in [0.2, 0.25) is 0 Å². The normalized spacial score (nSPS) is 31.2. The van der Waals surface area contributed by atoms with E-state index in [1.165, 1.54) is 35.7 Å². The summed E-state index contributed by atoms with van der Waals surface area (Å²) in [5.41, 5.74) is 1.35. The zero-order valence-corrected chi connectivity index (χ0v) is 10.4. The average Bonchev–Trinajstić information content (AvgIpc) is 3.02. The molecule has 82 valence electrons. The third kappa shape index (κ3) is 2.08. The highest BCUT2D eigenvalue weighted by Crippen LogP contribution is 2.40. The van der Waals surface area contributed by atoms with E-state index in [1.807, 2.05) is 11.3 Å². The van der Waals surface area contributed by atoms with Crippen molar-refractivity contribution in [3.63, 3.8) is 0 Å². The minimum atomic E-state index is 0.690. The molecule has 1 aromatic heterocycles. The van der Waals surface area contributed by atoms with Crippen molar-refractivity contribution in [2.75, 3.05) is 18.8 Å². The largest absolute Gasteiger partial charge is 0.316 e. The molecule has 3 rings (SSSR count). The predicted octanol–water partition coefficient (Wildman–Crippen LogP) is 2.79. The number of nitrogens with one attached hydrogen (secondary N) is 1. The summed E-state index contributed by atoms with van der Waals surface area (Å²) in [6.45, 7) is 2.29. The maximum atomic E-state index is 4.83. The molecular formula is C11H16N2S2. The van der Waals surface area contributed by atoms with Gasteiger partial charge in [0.05, 0.1) is 10.7 Å². The van der Waals surface area contributed by atoms with E-state index in [0.29, 0.717) is 11.2 Å². The van der Waals surface area contributed by atoms with Crippen LogP contribution in [0.4, 0.5) is 0 Å². The Kier molecular flexibility index (Phi) is 2.99. The second kappa shape index (κ2) is 4.44. The van der Waals surface area contributed by atoms with E-state index in [1.54, 1.807) is 0 Å². The van der Waals surface area contributed by atoms with Crippen LogP contribution in [-0.2, 0) is 0 Å². The fourth-order valence-corrected chi connectivity index (χ4v) is 4.65. The van der Waals surface area contributed by atoms with E-state index in [4.69, 9.17) is 4.98 Å². The van der Waals surface area contributed by atoms with Gasteiger partial charge in [-0.3, -0.25) is 0 Å². The molecule has 2 saturated heterocycles. The first kappa shape index (κ1) is 10.1. The van der Waals surface area contributed by atoms with Crippen LogP contribution in [0.25, 0.3) is 0 Å². The summed E-state index contributed by atoms with van der Waals surface area (Å²) in [5, 5.41) is 7.76. The lowest BCUT2D eigenvalue weighted by atomic mass is 10.1. The number of nitrogens with zero attached hydrogens (tertiary/aromatic N) is 1. The third-order valence-electron chi connectivity index (χ3n) is 3.21. The Hall–Kier alpha value is -0.0600. The molecule has 4 heteroatoms. The lowest BCUT2D eigenvalue weighted by Crippen LogP contribution is -2.07. The number of thioether (sulfide) groups is 1. The maximum Gasteiger partial charge on any atom is 0.0972 e. The van der Waals surface area contributed by atoms with Gasteiger partial charge in [0.15, 0.2) is 0 Å². The fraction of sp³-hybridized carbons (Fsp3) is 0.727. The predicted molar refractivity (Wildman–Crippen MR) is 66.8 cm³/mol. The fourth-order valence-electron chi connectivity index (χ4n) is 2.31. The molecule has 2 unspecified atom stereocenters. The zero-order valence-electron chi connectivity index (χ0n) is 8.74. The summed E-state index contributed by atoms with van der Waals surface area (Å²) >= 11 is 3.95.